The van der Waals surface area contributed by atoms with Crippen molar-refractivity contribution in [1.82, 2.24) is 0 Å². The van der Waals surface area contributed by atoms with Crippen molar-refractivity contribution >= 4 is 11.7 Å². The Morgan fingerprint density at radius 1 is 1.15 bits per heavy atom. The van der Waals surface area contributed by atoms with Crippen LogP contribution in [0.4, 0.5) is 5.69 Å². The van der Waals surface area contributed by atoms with Crippen molar-refractivity contribution in [3.8, 4) is 16.9 Å². The van der Waals surface area contributed by atoms with Crippen molar-refractivity contribution in [2.24, 2.45) is 0 Å². The third-order valence-corrected chi connectivity index (χ3v) is 3.04. The number of phenolic OH excluding ortho intramolecular Hbond substituents is 1. The molecule has 102 valence electrons. The Balaban J connectivity index is 2.56. The fraction of sp³-hybridized carbons (Fsp3) is 0.0714. The van der Waals surface area contributed by atoms with E-state index in [1.54, 1.807) is 18.2 Å². The van der Waals surface area contributed by atoms with E-state index in [1.165, 1.54) is 25.1 Å². The van der Waals surface area contributed by atoms with Crippen LogP contribution in [0, 0.1) is 17.0 Å². The summed E-state index contributed by atoms with van der Waals surface area (Å²) >= 11 is 0. The van der Waals surface area contributed by atoms with E-state index in [-0.39, 0.29) is 11.3 Å². The molecule has 20 heavy (non-hydrogen) atoms. The largest absolute Gasteiger partial charge is 0.502 e. The number of hydrogen-bond donors (Lipinski definition) is 2. The average molecular weight is 273 g/mol. The third kappa shape index (κ3) is 2.31. The SMILES string of the molecule is Cc1c(-c2ccc(C(=O)O)cc2)ccc(O)c1[N+](=O)[O-]. The topological polar surface area (TPSA) is 101 Å². The molecule has 0 unspecified atom stereocenters. The predicted octanol–water partition coefficient (Wildman–Crippen LogP) is 2.97. The zero-order valence-corrected chi connectivity index (χ0v) is 10.5. The number of nitrogens with zero attached hydrogens (tertiary/aromatic N) is 1. The van der Waals surface area contributed by atoms with E-state index in [9.17, 15) is 20.0 Å². The van der Waals surface area contributed by atoms with Crippen LogP contribution in [-0.4, -0.2) is 21.1 Å². The Morgan fingerprint density at radius 3 is 2.25 bits per heavy atom. The van der Waals surface area contributed by atoms with Gasteiger partial charge in [-0.05, 0) is 42.3 Å². The van der Waals surface area contributed by atoms with Crippen LogP contribution in [0.3, 0.4) is 0 Å². The molecule has 0 saturated carbocycles. The molecule has 2 aromatic carbocycles. The maximum atomic E-state index is 10.9. The van der Waals surface area contributed by atoms with Crippen molar-refractivity contribution in [3.05, 3.63) is 57.6 Å². The standard InChI is InChI=1S/C14H11NO5/c1-8-11(6-7-12(16)13(8)15(19)20)9-2-4-10(5-3-9)14(17)18/h2-7,16H,1H3,(H,17,18). The molecular weight excluding hydrogens is 262 g/mol. The van der Waals surface area contributed by atoms with Gasteiger partial charge in [0.2, 0.25) is 0 Å². The van der Waals surface area contributed by atoms with Gasteiger partial charge in [0.25, 0.3) is 0 Å². The van der Waals surface area contributed by atoms with Gasteiger partial charge in [0, 0.05) is 5.56 Å². The van der Waals surface area contributed by atoms with Gasteiger partial charge in [0.1, 0.15) is 0 Å². The smallest absolute Gasteiger partial charge is 0.335 e. The van der Waals surface area contributed by atoms with Crippen molar-refractivity contribution in [3.63, 3.8) is 0 Å². The number of phenols is 1. The predicted molar refractivity (Wildman–Crippen MR) is 71.9 cm³/mol. The molecule has 0 radical (unpaired) electrons. The second-order valence-corrected chi connectivity index (χ2v) is 4.25. The minimum atomic E-state index is -1.04. The van der Waals surface area contributed by atoms with E-state index in [1.807, 2.05) is 0 Å². The summed E-state index contributed by atoms with van der Waals surface area (Å²) in [5, 5.41) is 29.3. The minimum Gasteiger partial charge on any atom is -0.502 e. The molecule has 2 aromatic rings. The van der Waals surface area contributed by atoms with Gasteiger partial charge >= 0.3 is 11.7 Å². The molecular formula is C14H11NO5. The van der Waals surface area contributed by atoms with Crippen LogP contribution < -0.4 is 0 Å². The lowest BCUT2D eigenvalue weighted by Crippen LogP contribution is -1.97. The monoisotopic (exact) mass is 273 g/mol. The van der Waals surface area contributed by atoms with Gasteiger partial charge in [-0.3, -0.25) is 10.1 Å². The maximum absolute atomic E-state index is 10.9. The molecule has 0 aliphatic carbocycles. The van der Waals surface area contributed by atoms with Crippen LogP contribution in [-0.2, 0) is 0 Å². The number of carbonyl (C=O) groups is 1. The van der Waals surface area contributed by atoms with Crippen LogP contribution in [0.5, 0.6) is 5.75 Å². The molecule has 0 bridgehead atoms. The Hall–Kier alpha value is -2.89. The Kier molecular flexibility index (Phi) is 3.39. The van der Waals surface area contributed by atoms with Crippen molar-refractivity contribution in [2.45, 2.75) is 6.92 Å². The lowest BCUT2D eigenvalue weighted by atomic mass is 9.98. The first-order chi connectivity index (χ1) is 9.41. The highest BCUT2D eigenvalue weighted by Crippen LogP contribution is 2.36. The summed E-state index contributed by atoms with van der Waals surface area (Å²) in [6.45, 7) is 1.54. The van der Waals surface area contributed by atoms with Crippen molar-refractivity contribution in [1.29, 1.82) is 0 Å². The first-order valence-corrected chi connectivity index (χ1v) is 5.72. The van der Waals surface area contributed by atoms with Gasteiger partial charge in [-0.25, -0.2) is 4.79 Å². The van der Waals surface area contributed by atoms with E-state index in [2.05, 4.69) is 0 Å². The summed E-state index contributed by atoms with van der Waals surface area (Å²) < 4.78 is 0. The number of aromatic hydroxyl groups is 1. The highest BCUT2D eigenvalue weighted by molar-refractivity contribution is 5.88. The van der Waals surface area contributed by atoms with E-state index in [0.29, 0.717) is 16.7 Å². The van der Waals surface area contributed by atoms with Gasteiger partial charge in [-0.2, -0.15) is 0 Å². The van der Waals surface area contributed by atoms with E-state index in [4.69, 9.17) is 5.11 Å². The van der Waals surface area contributed by atoms with Gasteiger partial charge < -0.3 is 10.2 Å². The third-order valence-electron chi connectivity index (χ3n) is 3.04. The quantitative estimate of drug-likeness (QED) is 0.661. The fourth-order valence-corrected chi connectivity index (χ4v) is 2.02. The summed E-state index contributed by atoms with van der Waals surface area (Å²) in [5.41, 5.74) is 1.35. The zero-order chi connectivity index (χ0) is 14.9. The molecule has 0 aliphatic heterocycles. The van der Waals surface area contributed by atoms with Crippen LogP contribution >= 0.6 is 0 Å². The lowest BCUT2D eigenvalue weighted by molar-refractivity contribution is -0.386. The summed E-state index contributed by atoms with van der Waals surface area (Å²) in [6.07, 6.45) is 0. The number of hydrogen-bond acceptors (Lipinski definition) is 4. The molecule has 0 saturated heterocycles. The van der Waals surface area contributed by atoms with Crippen LogP contribution in [0.2, 0.25) is 0 Å². The molecule has 0 amide bonds. The molecule has 2 rings (SSSR count). The van der Waals surface area contributed by atoms with Crippen LogP contribution in [0.1, 0.15) is 15.9 Å². The second kappa shape index (κ2) is 5.00. The first-order valence-electron chi connectivity index (χ1n) is 5.72. The number of carboxylic acid groups (broad SMARTS) is 1. The van der Waals surface area contributed by atoms with Gasteiger partial charge in [-0.15, -0.1) is 0 Å². The highest BCUT2D eigenvalue weighted by Gasteiger charge is 2.20. The number of nitro groups is 1. The normalized spacial score (nSPS) is 10.2. The highest BCUT2D eigenvalue weighted by atomic mass is 16.6. The summed E-state index contributed by atoms with van der Waals surface area (Å²) in [7, 11) is 0. The number of aromatic carboxylic acids is 1. The maximum Gasteiger partial charge on any atom is 0.335 e. The number of carboxylic acids is 1. The minimum absolute atomic E-state index is 0.139. The number of nitro benzene ring substituents is 1. The Morgan fingerprint density at radius 2 is 1.75 bits per heavy atom. The zero-order valence-electron chi connectivity index (χ0n) is 10.5. The van der Waals surface area contributed by atoms with Crippen molar-refractivity contribution < 1.29 is 19.9 Å². The molecule has 6 heteroatoms. The van der Waals surface area contributed by atoms with E-state index >= 15 is 0 Å². The van der Waals surface area contributed by atoms with Gasteiger partial charge in [-0.1, -0.05) is 12.1 Å². The Bertz CT molecular complexity index is 691. The van der Waals surface area contributed by atoms with Crippen LogP contribution in [0.25, 0.3) is 11.1 Å². The van der Waals surface area contributed by atoms with Gasteiger partial charge in [0.15, 0.2) is 5.75 Å². The molecule has 0 atom stereocenters. The average Bonchev–Trinajstić information content (AvgIpc) is 2.38. The number of rotatable bonds is 3. The molecule has 0 aromatic heterocycles. The molecule has 0 heterocycles. The van der Waals surface area contributed by atoms with Gasteiger partial charge in [0.05, 0.1) is 10.5 Å². The molecule has 0 fully saturated rings. The van der Waals surface area contributed by atoms with E-state index < -0.39 is 16.6 Å². The summed E-state index contributed by atoms with van der Waals surface area (Å²) in [4.78, 5) is 21.1. The molecule has 6 nitrogen and oxygen atoms in total. The van der Waals surface area contributed by atoms with E-state index in [0.717, 1.165) is 0 Å². The molecule has 0 aliphatic rings. The Labute approximate surface area is 114 Å². The second-order valence-electron chi connectivity index (χ2n) is 4.25. The fourth-order valence-electron chi connectivity index (χ4n) is 2.02. The summed E-state index contributed by atoms with van der Waals surface area (Å²) in [6, 6.07) is 8.82. The van der Waals surface area contributed by atoms with Crippen LogP contribution in [0.15, 0.2) is 36.4 Å². The lowest BCUT2D eigenvalue weighted by Gasteiger charge is -2.08. The number of benzene rings is 2. The molecule has 2 N–H and O–H groups in total. The summed E-state index contributed by atoms with van der Waals surface area (Å²) in [5.74, 6) is -1.43. The molecule has 0 spiro atoms. The van der Waals surface area contributed by atoms with Crippen molar-refractivity contribution in [2.75, 3.05) is 0 Å². The first kappa shape index (κ1) is 13.5.